The molecule has 4 rings (SSSR count). The van der Waals surface area contributed by atoms with E-state index in [0.717, 1.165) is 47.0 Å². The standard InChI is InChI=1S/C26H31N5O2/c1-17-20(12-13-24(27)29-17)16-28-25(32)22(30-26(33)23-11-6-14-31(23)2)15-19-9-5-8-18-7-3-4-10-21(18)19/h3-5,7-10,12-13,22-23H,6,11,14-16H2,1-2H3,(H2,27,29)(H,28,32)(H,30,33)/t22-,23+/m0/s1. The molecule has 1 aromatic heterocycles. The Balaban J connectivity index is 1.54. The van der Waals surface area contributed by atoms with E-state index in [0.29, 0.717) is 18.8 Å². The Morgan fingerprint density at radius 3 is 2.67 bits per heavy atom. The van der Waals surface area contributed by atoms with Gasteiger partial charge in [-0.1, -0.05) is 48.5 Å². The first-order valence-electron chi connectivity index (χ1n) is 11.4. The minimum absolute atomic E-state index is 0.0966. The van der Waals surface area contributed by atoms with Crippen LogP contribution >= 0.6 is 0 Å². The summed E-state index contributed by atoms with van der Waals surface area (Å²) in [5.74, 6) is 0.137. The molecule has 2 aromatic carbocycles. The lowest BCUT2D eigenvalue weighted by molar-refractivity contribution is -0.131. The first kappa shape index (κ1) is 22.7. The number of amides is 2. The number of nitrogens with two attached hydrogens (primary N) is 1. The van der Waals surface area contributed by atoms with Gasteiger partial charge in [-0.05, 0) is 61.3 Å². The Morgan fingerprint density at radius 2 is 1.91 bits per heavy atom. The predicted molar refractivity (Wildman–Crippen MR) is 130 cm³/mol. The molecule has 3 aromatic rings. The molecular weight excluding hydrogens is 414 g/mol. The summed E-state index contributed by atoms with van der Waals surface area (Å²) in [5.41, 5.74) is 8.43. The molecule has 1 fully saturated rings. The fourth-order valence-corrected chi connectivity index (χ4v) is 4.51. The zero-order chi connectivity index (χ0) is 23.4. The van der Waals surface area contributed by atoms with Gasteiger partial charge in [0, 0.05) is 18.7 Å². The summed E-state index contributed by atoms with van der Waals surface area (Å²) in [4.78, 5) is 32.6. The van der Waals surface area contributed by atoms with Gasteiger partial charge in [0.25, 0.3) is 0 Å². The van der Waals surface area contributed by atoms with Crippen molar-refractivity contribution in [1.82, 2.24) is 20.5 Å². The smallest absolute Gasteiger partial charge is 0.243 e. The van der Waals surface area contributed by atoms with E-state index in [2.05, 4.69) is 33.8 Å². The third-order valence-electron chi connectivity index (χ3n) is 6.43. The van der Waals surface area contributed by atoms with Crippen molar-refractivity contribution >= 4 is 28.4 Å². The van der Waals surface area contributed by atoms with Gasteiger partial charge in [0.05, 0.1) is 6.04 Å². The molecule has 1 aliphatic rings. The zero-order valence-corrected chi connectivity index (χ0v) is 19.2. The van der Waals surface area contributed by atoms with Crippen LogP contribution in [0.25, 0.3) is 10.8 Å². The highest BCUT2D eigenvalue weighted by Crippen LogP contribution is 2.21. The number of anilines is 1. The molecule has 7 nitrogen and oxygen atoms in total. The van der Waals surface area contributed by atoms with Crippen LogP contribution in [0.4, 0.5) is 5.82 Å². The molecule has 0 bridgehead atoms. The van der Waals surface area contributed by atoms with Crippen molar-refractivity contribution in [2.45, 2.75) is 44.8 Å². The molecule has 2 heterocycles. The van der Waals surface area contributed by atoms with Gasteiger partial charge in [-0.15, -0.1) is 0 Å². The number of rotatable bonds is 7. The second-order valence-corrected chi connectivity index (χ2v) is 8.74. The summed E-state index contributed by atoms with van der Waals surface area (Å²) >= 11 is 0. The van der Waals surface area contributed by atoms with E-state index < -0.39 is 6.04 Å². The number of pyridine rings is 1. The Labute approximate surface area is 194 Å². The minimum Gasteiger partial charge on any atom is -0.384 e. The topological polar surface area (TPSA) is 100 Å². The first-order valence-corrected chi connectivity index (χ1v) is 11.4. The van der Waals surface area contributed by atoms with Crippen LogP contribution in [-0.2, 0) is 22.6 Å². The van der Waals surface area contributed by atoms with Crippen molar-refractivity contribution in [2.75, 3.05) is 19.3 Å². The average Bonchev–Trinajstić information content (AvgIpc) is 3.24. The van der Waals surface area contributed by atoms with Crippen molar-refractivity contribution in [3.05, 3.63) is 71.4 Å². The molecule has 0 aliphatic carbocycles. The van der Waals surface area contributed by atoms with Crippen molar-refractivity contribution in [1.29, 1.82) is 0 Å². The van der Waals surface area contributed by atoms with Crippen molar-refractivity contribution < 1.29 is 9.59 Å². The molecular formula is C26H31N5O2. The fraction of sp³-hybridized carbons (Fsp3) is 0.346. The number of benzene rings is 2. The Bertz CT molecular complexity index is 1160. The summed E-state index contributed by atoms with van der Waals surface area (Å²) in [7, 11) is 1.95. The van der Waals surface area contributed by atoms with Gasteiger partial charge in [-0.2, -0.15) is 0 Å². The summed E-state index contributed by atoms with van der Waals surface area (Å²) in [6.07, 6.45) is 2.20. The van der Waals surface area contributed by atoms with E-state index in [-0.39, 0.29) is 17.9 Å². The van der Waals surface area contributed by atoms with Crippen LogP contribution in [0.1, 0.15) is 29.7 Å². The number of likely N-dealkylation sites (tertiary alicyclic amines) is 1. The van der Waals surface area contributed by atoms with Crippen LogP contribution in [0.5, 0.6) is 0 Å². The van der Waals surface area contributed by atoms with E-state index >= 15 is 0 Å². The normalized spacial score (nSPS) is 17.1. The first-order chi connectivity index (χ1) is 15.9. The lowest BCUT2D eigenvalue weighted by Gasteiger charge is -2.24. The van der Waals surface area contributed by atoms with Gasteiger partial charge in [0.1, 0.15) is 11.9 Å². The lowest BCUT2D eigenvalue weighted by Crippen LogP contribution is -2.52. The summed E-state index contributed by atoms with van der Waals surface area (Å²) in [5, 5.41) is 8.22. The van der Waals surface area contributed by atoms with Gasteiger partial charge in [-0.25, -0.2) is 4.98 Å². The van der Waals surface area contributed by atoms with E-state index in [1.165, 1.54) is 0 Å². The number of hydrogen-bond donors (Lipinski definition) is 3. The largest absolute Gasteiger partial charge is 0.384 e. The number of fused-ring (bicyclic) bond motifs is 1. The second kappa shape index (κ2) is 10.0. The van der Waals surface area contributed by atoms with Crippen molar-refractivity contribution in [2.24, 2.45) is 0 Å². The zero-order valence-electron chi connectivity index (χ0n) is 19.2. The van der Waals surface area contributed by atoms with Gasteiger partial charge in [0.2, 0.25) is 11.8 Å². The molecule has 2 amide bonds. The van der Waals surface area contributed by atoms with Gasteiger partial charge in [0.15, 0.2) is 0 Å². The summed E-state index contributed by atoms with van der Waals surface area (Å²) in [6, 6.07) is 16.9. The van der Waals surface area contributed by atoms with Crippen LogP contribution in [0, 0.1) is 6.92 Å². The molecule has 1 aliphatic heterocycles. The predicted octanol–water partition coefficient (Wildman–Crippen LogP) is 2.56. The molecule has 33 heavy (non-hydrogen) atoms. The number of likely N-dealkylation sites (N-methyl/N-ethyl adjacent to an activating group) is 1. The molecule has 0 unspecified atom stereocenters. The van der Waals surface area contributed by atoms with Crippen LogP contribution in [0.2, 0.25) is 0 Å². The third kappa shape index (κ3) is 5.31. The Hall–Kier alpha value is -3.45. The number of carbonyl (C=O) groups is 2. The highest BCUT2D eigenvalue weighted by molar-refractivity contribution is 5.91. The number of nitrogen functional groups attached to an aromatic ring is 1. The molecule has 2 atom stereocenters. The monoisotopic (exact) mass is 445 g/mol. The summed E-state index contributed by atoms with van der Waals surface area (Å²) < 4.78 is 0. The maximum Gasteiger partial charge on any atom is 0.243 e. The van der Waals surface area contributed by atoms with E-state index in [1.807, 2.05) is 49.2 Å². The highest BCUT2D eigenvalue weighted by atomic mass is 16.2. The maximum atomic E-state index is 13.3. The van der Waals surface area contributed by atoms with Crippen LogP contribution in [0.15, 0.2) is 54.6 Å². The number of nitrogens with one attached hydrogen (secondary N) is 2. The quantitative estimate of drug-likeness (QED) is 0.519. The Kier molecular flexibility index (Phi) is 6.89. The number of carbonyl (C=O) groups excluding carboxylic acids is 2. The lowest BCUT2D eigenvalue weighted by atomic mass is 9.98. The number of hydrogen-bond acceptors (Lipinski definition) is 5. The number of aromatic nitrogens is 1. The van der Waals surface area contributed by atoms with Gasteiger partial charge < -0.3 is 16.4 Å². The van der Waals surface area contributed by atoms with Gasteiger partial charge >= 0.3 is 0 Å². The van der Waals surface area contributed by atoms with E-state index in [9.17, 15) is 9.59 Å². The molecule has 4 N–H and O–H groups in total. The molecule has 1 saturated heterocycles. The Morgan fingerprint density at radius 1 is 1.12 bits per heavy atom. The molecule has 0 radical (unpaired) electrons. The van der Waals surface area contributed by atoms with Crippen LogP contribution in [0.3, 0.4) is 0 Å². The van der Waals surface area contributed by atoms with Crippen LogP contribution in [-0.4, -0.2) is 47.4 Å². The molecule has 172 valence electrons. The molecule has 0 saturated carbocycles. The molecule has 7 heteroatoms. The fourth-order valence-electron chi connectivity index (χ4n) is 4.51. The maximum absolute atomic E-state index is 13.3. The van der Waals surface area contributed by atoms with Crippen molar-refractivity contribution in [3.63, 3.8) is 0 Å². The van der Waals surface area contributed by atoms with Crippen molar-refractivity contribution in [3.8, 4) is 0 Å². The minimum atomic E-state index is -0.681. The average molecular weight is 446 g/mol. The SMILES string of the molecule is Cc1nc(N)ccc1CNC(=O)[C@H](Cc1cccc2ccccc12)NC(=O)[C@H]1CCCN1C. The number of aryl methyl sites for hydroxylation is 1. The highest BCUT2D eigenvalue weighted by Gasteiger charge is 2.31. The van der Waals surface area contributed by atoms with Gasteiger partial charge in [-0.3, -0.25) is 14.5 Å². The van der Waals surface area contributed by atoms with E-state index in [1.54, 1.807) is 6.07 Å². The number of nitrogens with zero attached hydrogens (tertiary/aromatic N) is 2. The third-order valence-corrected chi connectivity index (χ3v) is 6.43. The summed E-state index contributed by atoms with van der Waals surface area (Å²) in [6.45, 7) is 3.08. The van der Waals surface area contributed by atoms with E-state index in [4.69, 9.17) is 5.73 Å². The second-order valence-electron chi connectivity index (χ2n) is 8.74. The van der Waals surface area contributed by atoms with Crippen LogP contribution < -0.4 is 16.4 Å². The molecule has 0 spiro atoms.